The third-order valence-corrected chi connectivity index (χ3v) is 3.46. The van der Waals surface area contributed by atoms with Crippen LogP contribution < -0.4 is 9.47 Å². The van der Waals surface area contributed by atoms with E-state index in [0.29, 0.717) is 23.7 Å². The molecule has 0 unspecified atom stereocenters. The molecule has 3 nitrogen and oxygen atoms in total. The molecule has 0 fully saturated rings. The Kier molecular flexibility index (Phi) is 4.63. The van der Waals surface area contributed by atoms with E-state index >= 15 is 0 Å². The summed E-state index contributed by atoms with van der Waals surface area (Å²) in [6.45, 7) is 6.13. The van der Waals surface area contributed by atoms with Crippen molar-refractivity contribution < 1.29 is 14.3 Å². The van der Waals surface area contributed by atoms with Crippen molar-refractivity contribution in [2.45, 2.75) is 27.4 Å². The van der Waals surface area contributed by atoms with Gasteiger partial charge in [0.05, 0.1) is 7.11 Å². The lowest BCUT2D eigenvalue weighted by atomic mass is 10.1. The van der Waals surface area contributed by atoms with Crippen molar-refractivity contribution in [1.82, 2.24) is 0 Å². The van der Waals surface area contributed by atoms with E-state index in [-0.39, 0.29) is 5.78 Å². The molecule has 2 aromatic carbocycles. The van der Waals surface area contributed by atoms with Crippen LogP contribution in [0.5, 0.6) is 11.5 Å². The van der Waals surface area contributed by atoms with Crippen LogP contribution in [0.1, 0.15) is 34.0 Å². The highest BCUT2D eigenvalue weighted by atomic mass is 16.5. The van der Waals surface area contributed by atoms with Crippen molar-refractivity contribution in [3.8, 4) is 11.5 Å². The average molecular weight is 284 g/mol. The van der Waals surface area contributed by atoms with Crippen molar-refractivity contribution in [3.05, 3.63) is 58.7 Å². The van der Waals surface area contributed by atoms with E-state index < -0.39 is 0 Å². The fraction of sp³-hybridized carbons (Fsp3) is 0.278. The molecule has 0 aliphatic rings. The minimum absolute atomic E-state index is 0.00868. The molecule has 0 bridgehead atoms. The molecule has 0 aromatic heterocycles. The zero-order valence-corrected chi connectivity index (χ0v) is 12.9. The van der Waals surface area contributed by atoms with Gasteiger partial charge in [0.2, 0.25) is 0 Å². The monoisotopic (exact) mass is 284 g/mol. The molecule has 21 heavy (non-hydrogen) atoms. The molecule has 0 atom stereocenters. The summed E-state index contributed by atoms with van der Waals surface area (Å²) >= 11 is 0. The second-order valence-corrected chi connectivity index (χ2v) is 5.14. The molecular weight excluding hydrogens is 264 g/mol. The molecule has 3 heteroatoms. The van der Waals surface area contributed by atoms with Gasteiger partial charge in [0.15, 0.2) is 17.3 Å². The van der Waals surface area contributed by atoms with Gasteiger partial charge < -0.3 is 9.47 Å². The maximum Gasteiger partial charge on any atom is 0.161 e. The van der Waals surface area contributed by atoms with Crippen molar-refractivity contribution >= 4 is 5.78 Å². The Morgan fingerprint density at radius 3 is 2.48 bits per heavy atom. The number of benzene rings is 2. The van der Waals surface area contributed by atoms with Gasteiger partial charge in [0.1, 0.15) is 6.61 Å². The Balaban J connectivity index is 2.19. The molecule has 0 amide bonds. The number of hydrogen-bond donors (Lipinski definition) is 0. The van der Waals surface area contributed by atoms with E-state index in [0.717, 1.165) is 5.56 Å². The van der Waals surface area contributed by atoms with Crippen molar-refractivity contribution in [2.75, 3.05) is 7.11 Å². The number of carbonyl (C=O) groups excluding carboxylic acids is 1. The lowest BCUT2D eigenvalue weighted by Crippen LogP contribution is -2.01. The molecule has 0 saturated heterocycles. The maximum absolute atomic E-state index is 11.4. The molecular formula is C18H20O3. The fourth-order valence-electron chi connectivity index (χ4n) is 2.12. The minimum atomic E-state index is 0.00868. The lowest BCUT2D eigenvalue weighted by molar-refractivity contribution is 0.101. The lowest BCUT2D eigenvalue weighted by Gasteiger charge is -2.13. The van der Waals surface area contributed by atoms with Crippen LogP contribution in [-0.2, 0) is 6.61 Å². The van der Waals surface area contributed by atoms with Gasteiger partial charge in [-0.3, -0.25) is 4.79 Å². The first-order chi connectivity index (χ1) is 10.0. The van der Waals surface area contributed by atoms with E-state index in [4.69, 9.17) is 9.47 Å². The second-order valence-electron chi connectivity index (χ2n) is 5.14. The standard InChI is InChI=1S/C18H20O3/c1-12-5-6-13(2)16(9-12)11-21-17-8-7-15(14(3)19)10-18(17)20-4/h5-10H,11H2,1-4H3. The highest BCUT2D eigenvalue weighted by Gasteiger charge is 2.09. The molecule has 0 heterocycles. The van der Waals surface area contributed by atoms with Gasteiger partial charge in [-0.25, -0.2) is 0 Å². The van der Waals surface area contributed by atoms with Crippen LogP contribution in [0.15, 0.2) is 36.4 Å². The highest BCUT2D eigenvalue weighted by molar-refractivity contribution is 5.94. The first-order valence-corrected chi connectivity index (χ1v) is 6.89. The second kappa shape index (κ2) is 6.44. The number of methoxy groups -OCH3 is 1. The number of carbonyl (C=O) groups is 1. The molecule has 2 rings (SSSR count). The molecule has 0 aliphatic heterocycles. The Bertz CT molecular complexity index is 660. The van der Waals surface area contributed by atoms with Crippen LogP contribution in [0.4, 0.5) is 0 Å². The van der Waals surface area contributed by atoms with E-state index in [1.807, 2.05) is 0 Å². The molecule has 0 N–H and O–H groups in total. The van der Waals surface area contributed by atoms with Gasteiger partial charge in [-0.1, -0.05) is 23.8 Å². The summed E-state index contributed by atoms with van der Waals surface area (Å²) in [5.41, 5.74) is 4.16. The van der Waals surface area contributed by atoms with Crippen LogP contribution >= 0.6 is 0 Å². The van der Waals surface area contributed by atoms with Gasteiger partial charge in [-0.2, -0.15) is 0 Å². The van der Waals surface area contributed by atoms with Crippen molar-refractivity contribution in [3.63, 3.8) is 0 Å². The normalized spacial score (nSPS) is 10.3. The number of Topliss-reactive ketones (excluding diaryl/α,β-unsaturated/α-hetero) is 1. The van der Waals surface area contributed by atoms with Crippen LogP contribution in [-0.4, -0.2) is 12.9 Å². The Morgan fingerprint density at radius 2 is 1.81 bits per heavy atom. The molecule has 110 valence electrons. The van der Waals surface area contributed by atoms with Crippen molar-refractivity contribution in [1.29, 1.82) is 0 Å². The van der Waals surface area contributed by atoms with Gasteiger partial charge in [0, 0.05) is 5.56 Å². The average Bonchev–Trinajstić information content (AvgIpc) is 2.47. The molecule has 0 saturated carbocycles. The predicted molar refractivity (Wildman–Crippen MR) is 83.2 cm³/mol. The summed E-state index contributed by atoms with van der Waals surface area (Å²) in [6, 6.07) is 11.5. The first-order valence-electron chi connectivity index (χ1n) is 6.89. The van der Waals surface area contributed by atoms with Crippen LogP contribution in [0.3, 0.4) is 0 Å². The number of hydrogen-bond acceptors (Lipinski definition) is 3. The smallest absolute Gasteiger partial charge is 0.161 e. The molecule has 2 aromatic rings. The summed E-state index contributed by atoms with van der Waals surface area (Å²) in [7, 11) is 1.57. The molecule has 0 aliphatic carbocycles. The Morgan fingerprint density at radius 1 is 1.05 bits per heavy atom. The minimum Gasteiger partial charge on any atom is -0.493 e. The summed E-state index contributed by atoms with van der Waals surface area (Å²) in [5.74, 6) is 1.23. The number of ether oxygens (including phenoxy) is 2. The van der Waals surface area contributed by atoms with Gasteiger partial charge in [0.25, 0.3) is 0 Å². The third kappa shape index (κ3) is 3.63. The Hall–Kier alpha value is -2.29. The summed E-state index contributed by atoms with van der Waals surface area (Å²) in [4.78, 5) is 11.4. The zero-order valence-electron chi connectivity index (χ0n) is 12.9. The highest BCUT2D eigenvalue weighted by Crippen LogP contribution is 2.29. The van der Waals surface area contributed by atoms with Crippen LogP contribution in [0.25, 0.3) is 0 Å². The van der Waals surface area contributed by atoms with Crippen LogP contribution in [0.2, 0.25) is 0 Å². The van der Waals surface area contributed by atoms with Gasteiger partial charge in [-0.15, -0.1) is 0 Å². The molecule has 0 radical (unpaired) electrons. The van der Waals surface area contributed by atoms with E-state index in [1.165, 1.54) is 18.1 Å². The third-order valence-electron chi connectivity index (χ3n) is 3.46. The Labute approximate surface area is 125 Å². The zero-order chi connectivity index (χ0) is 15.4. The summed E-state index contributed by atoms with van der Waals surface area (Å²) in [6.07, 6.45) is 0. The van der Waals surface area contributed by atoms with E-state index in [9.17, 15) is 4.79 Å². The largest absolute Gasteiger partial charge is 0.493 e. The van der Waals surface area contributed by atoms with Crippen molar-refractivity contribution in [2.24, 2.45) is 0 Å². The quantitative estimate of drug-likeness (QED) is 0.776. The predicted octanol–water partition coefficient (Wildman–Crippen LogP) is 4.09. The SMILES string of the molecule is COc1cc(C(C)=O)ccc1OCc1cc(C)ccc1C. The maximum atomic E-state index is 11.4. The first kappa shape index (κ1) is 15.1. The number of rotatable bonds is 5. The van der Waals surface area contributed by atoms with E-state index in [2.05, 4.69) is 32.0 Å². The number of ketones is 1. The molecule has 0 spiro atoms. The van der Waals surface area contributed by atoms with Gasteiger partial charge >= 0.3 is 0 Å². The summed E-state index contributed by atoms with van der Waals surface area (Å²) < 4.78 is 11.1. The topological polar surface area (TPSA) is 35.5 Å². The fourth-order valence-corrected chi connectivity index (χ4v) is 2.12. The number of aryl methyl sites for hydroxylation is 2. The van der Waals surface area contributed by atoms with Crippen LogP contribution in [0, 0.1) is 13.8 Å². The van der Waals surface area contributed by atoms with E-state index in [1.54, 1.807) is 25.3 Å². The summed E-state index contributed by atoms with van der Waals surface area (Å²) in [5, 5.41) is 0. The van der Waals surface area contributed by atoms with Gasteiger partial charge in [-0.05, 0) is 50.1 Å².